The van der Waals surface area contributed by atoms with Gasteiger partial charge in [0.25, 0.3) is 5.91 Å². The molecule has 0 saturated heterocycles. The minimum Gasteiger partial charge on any atom is -0.358 e. The Labute approximate surface area is 279 Å². The number of aromatic amines is 2. The van der Waals surface area contributed by atoms with Gasteiger partial charge in [0.05, 0.1) is 0 Å². The van der Waals surface area contributed by atoms with Crippen molar-refractivity contribution in [2.24, 2.45) is 0 Å². The Bertz CT molecular complexity index is 1600. The molecule has 2 aromatic heterocycles. The maximum atomic E-state index is 12.2. The lowest BCUT2D eigenvalue weighted by molar-refractivity contribution is -0.121. The van der Waals surface area contributed by atoms with Crippen molar-refractivity contribution in [1.29, 1.82) is 0 Å². The number of carbonyl (C=O) groups excluding carboxylic acids is 4. The molecule has 0 spiro atoms. The first-order valence-corrected chi connectivity index (χ1v) is 17.5. The molecule has 2 amide bonds. The highest BCUT2D eigenvalue weighted by atomic mass is 16.2. The number of para-hydroxylation sites is 2. The second-order valence-corrected chi connectivity index (χ2v) is 12.3. The second-order valence-electron chi connectivity index (χ2n) is 12.3. The van der Waals surface area contributed by atoms with Crippen molar-refractivity contribution in [1.82, 2.24) is 20.6 Å². The lowest BCUT2D eigenvalue weighted by atomic mass is 10.1. The first kappa shape index (κ1) is 37.3. The summed E-state index contributed by atoms with van der Waals surface area (Å²) in [6, 6.07) is 16.2. The highest BCUT2D eigenvalue weighted by Crippen LogP contribution is 2.22. The Balaban J connectivity index is 0.000000257. The van der Waals surface area contributed by atoms with Crippen molar-refractivity contribution in [3.05, 3.63) is 71.0 Å². The molecule has 0 saturated carbocycles. The van der Waals surface area contributed by atoms with Gasteiger partial charge >= 0.3 is 0 Å². The fraction of sp³-hybridized carbons (Fsp3) is 0.487. The van der Waals surface area contributed by atoms with E-state index in [1.54, 1.807) is 0 Å². The molecule has 47 heavy (non-hydrogen) atoms. The van der Waals surface area contributed by atoms with Gasteiger partial charge in [-0.25, -0.2) is 0 Å². The summed E-state index contributed by atoms with van der Waals surface area (Å²) in [6.45, 7) is 9.17. The summed E-state index contributed by atoms with van der Waals surface area (Å²) in [5.74, 6) is 0.725. The topological polar surface area (TPSA) is 124 Å². The summed E-state index contributed by atoms with van der Waals surface area (Å²) in [6.07, 6.45) is 10.7. The van der Waals surface area contributed by atoms with E-state index in [1.807, 2.05) is 57.2 Å². The molecule has 254 valence electrons. The van der Waals surface area contributed by atoms with Gasteiger partial charge in [-0.15, -0.1) is 0 Å². The molecule has 0 unspecified atom stereocenters. The lowest BCUT2D eigenvalue weighted by Gasteiger charge is -2.06. The van der Waals surface area contributed by atoms with Crippen molar-refractivity contribution in [2.45, 2.75) is 111 Å². The van der Waals surface area contributed by atoms with E-state index in [4.69, 9.17) is 0 Å². The number of ketones is 2. The number of hydrogen-bond acceptors (Lipinski definition) is 4. The van der Waals surface area contributed by atoms with E-state index in [9.17, 15) is 19.2 Å². The van der Waals surface area contributed by atoms with Crippen LogP contribution in [0.3, 0.4) is 0 Å². The van der Waals surface area contributed by atoms with Crippen LogP contribution in [0, 0.1) is 13.8 Å². The predicted molar refractivity (Wildman–Crippen MR) is 192 cm³/mol. The van der Waals surface area contributed by atoms with Crippen LogP contribution in [0.4, 0.5) is 0 Å². The van der Waals surface area contributed by atoms with Crippen molar-refractivity contribution < 1.29 is 19.2 Å². The van der Waals surface area contributed by atoms with Gasteiger partial charge in [-0.3, -0.25) is 19.2 Å². The van der Waals surface area contributed by atoms with E-state index in [-0.39, 0.29) is 11.8 Å². The number of aromatic nitrogens is 2. The molecule has 4 N–H and O–H groups in total. The van der Waals surface area contributed by atoms with E-state index < -0.39 is 0 Å². The zero-order chi connectivity index (χ0) is 34.0. The smallest absolute Gasteiger partial charge is 0.268 e. The molecule has 0 bridgehead atoms. The number of hydrogen-bond donors (Lipinski definition) is 4. The van der Waals surface area contributed by atoms with Crippen molar-refractivity contribution >= 4 is 45.2 Å². The van der Waals surface area contributed by atoms with Gasteiger partial charge < -0.3 is 20.6 Å². The SMILES string of the molecule is CCC(=O)CCCCCCC(=O)NCCc1c(C)[nH]c2ccccc12.CCC(=O)CCCCCNC(=O)c1[nH]c2ccccc2c1C. The monoisotopic (exact) mass is 642 g/mol. The fourth-order valence-electron chi connectivity index (χ4n) is 5.81. The molecular weight excluding hydrogens is 588 g/mol. The molecule has 4 aromatic rings. The maximum Gasteiger partial charge on any atom is 0.268 e. The van der Waals surface area contributed by atoms with Crippen LogP contribution in [-0.4, -0.2) is 46.4 Å². The molecule has 0 fully saturated rings. The van der Waals surface area contributed by atoms with Crippen LogP contribution in [-0.2, 0) is 20.8 Å². The zero-order valence-electron chi connectivity index (χ0n) is 28.9. The molecule has 2 aromatic carbocycles. The Morgan fingerprint density at radius 2 is 1.17 bits per heavy atom. The summed E-state index contributed by atoms with van der Waals surface area (Å²) in [4.78, 5) is 53.1. The standard InChI is InChI=1S/C21H30N2O2.C18H24N2O2/c1-3-17(24)10-6-4-5-7-13-21(25)22-15-14-18-16(2)23-20-12-9-8-11-19(18)20;1-3-14(21)9-5-4-8-12-19-18(22)17-13(2)15-10-6-7-11-16(15)20-17/h8-9,11-12,23H,3-7,10,13-15H2,1-2H3,(H,22,25);6-7,10-11,20H,3-5,8-9,12H2,1-2H3,(H,19,22). The Morgan fingerprint density at radius 3 is 1.79 bits per heavy atom. The third kappa shape index (κ3) is 12.2. The van der Waals surface area contributed by atoms with Crippen LogP contribution in [0.1, 0.15) is 118 Å². The first-order valence-electron chi connectivity index (χ1n) is 17.5. The quantitative estimate of drug-likeness (QED) is 0.0770. The van der Waals surface area contributed by atoms with Gasteiger partial charge in [0.2, 0.25) is 5.91 Å². The molecule has 8 nitrogen and oxygen atoms in total. The van der Waals surface area contributed by atoms with Gasteiger partial charge in [0.1, 0.15) is 17.3 Å². The summed E-state index contributed by atoms with van der Waals surface area (Å²) >= 11 is 0. The molecule has 8 heteroatoms. The molecule has 0 aliphatic rings. The molecule has 0 atom stereocenters. The van der Waals surface area contributed by atoms with Crippen LogP contribution in [0.25, 0.3) is 21.8 Å². The van der Waals surface area contributed by atoms with Crippen LogP contribution >= 0.6 is 0 Å². The molecule has 2 heterocycles. The van der Waals surface area contributed by atoms with Crippen molar-refractivity contribution in [3.63, 3.8) is 0 Å². The number of amides is 2. The van der Waals surface area contributed by atoms with E-state index in [1.165, 1.54) is 16.6 Å². The van der Waals surface area contributed by atoms with E-state index in [0.717, 1.165) is 73.3 Å². The summed E-state index contributed by atoms with van der Waals surface area (Å²) in [5, 5.41) is 8.31. The Hall–Kier alpha value is -4.20. The van der Waals surface area contributed by atoms with Crippen molar-refractivity contribution in [2.75, 3.05) is 13.1 Å². The molecule has 4 rings (SSSR count). The fourth-order valence-corrected chi connectivity index (χ4v) is 5.81. The third-order valence-electron chi connectivity index (χ3n) is 8.73. The highest BCUT2D eigenvalue weighted by Gasteiger charge is 2.14. The summed E-state index contributed by atoms with van der Waals surface area (Å²) in [7, 11) is 0. The van der Waals surface area contributed by atoms with Crippen LogP contribution < -0.4 is 10.6 Å². The number of carbonyl (C=O) groups is 4. The summed E-state index contributed by atoms with van der Waals surface area (Å²) < 4.78 is 0. The number of Topliss-reactive ketones (excluding diaryl/α,β-unsaturated/α-hetero) is 2. The van der Waals surface area contributed by atoms with E-state index in [2.05, 4.69) is 39.7 Å². The lowest BCUT2D eigenvalue weighted by Crippen LogP contribution is -2.25. The zero-order valence-corrected chi connectivity index (χ0v) is 28.9. The number of H-pyrrole nitrogens is 2. The number of benzene rings is 2. The first-order chi connectivity index (χ1) is 22.7. The maximum absolute atomic E-state index is 12.2. The van der Waals surface area contributed by atoms with Crippen LogP contribution in [0.15, 0.2) is 48.5 Å². The van der Waals surface area contributed by atoms with Crippen LogP contribution in [0.5, 0.6) is 0 Å². The molecule has 0 aliphatic carbocycles. The third-order valence-corrected chi connectivity index (χ3v) is 8.73. The Morgan fingerprint density at radius 1 is 0.617 bits per heavy atom. The number of fused-ring (bicyclic) bond motifs is 2. The van der Waals surface area contributed by atoms with Crippen molar-refractivity contribution in [3.8, 4) is 0 Å². The average molecular weight is 643 g/mol. The van der Waals surface area contributed by atoms with Crippen LogP contribution in [0.2, 0.25) is 0 Å². The van der Waals surface area contributed by atoms with Gasteiger partial charge in [-0.05, 0) is 69.2 Å². The molecule has 0 radical (unpaired) electrons. The number of rotatable bonds is 19. The normalized spacial score (nSPS) is 10.9. The average Bonchev–Trinajstić information content (AvgIpc) is 3.59. The number of nitrogens with one attached hydrogen (secondary N) is 4. The Kier molecular flexibility index (Phi) is 16.0. The largest absolute Gasteiger partial charge is 0.358 e. The van der Waals surface area contributed by atoms with Gasteiger partial charge in [-0.1, -0.05) is 69.5 Å². The van der Waals surface area contributed by atoms with Gasteiger partial charge in [0.15, 0.2) is 0 Å². The van der Waals surface area contributed by atoms with E-state index in [0.29, 0.717) is 62.5 Å². The molecular formula is C39H54N4O4. The second kappa shape index (κ2) is 20.1. The van der Waals surface area contributed by atoms with Gasteiger partial charge in [0, 0.05) is 72.7 Å². The number of aryl methyl sites for hydroxylation is 2. The van der Waals surface area contributed by atoms with E-state index >= 15 is 0 Å². The predicted octanol–water partition coefficient (Wildman–Crippen LogP) is 8.20. The minimum atomic E-state index is -0.0571. The van der Waals surface area contributed by atoms with Gasteiger partial charge in [-0.2, -0.15) is 0 Å². The summed E-state index contributed by atoms with van der Waals surface area (Å²) in [5.41, 5.74) is 6.24. The molecule has 0 aliphatic heterocycles. The highest BCUT2D eigenvalue weighted by molar-refractivity contribution is 6.00. The minimum absolute atomic E-state index is 0.0571. The number of unbranched alkanes of at least 4 members (excludes halogenated alkanes) is 5.